The predicted octanol–water partition coefficient (Wildman–Crippen LogP) is 5.07. The molecule has 138 valence electrons. The summed E-state index contributed by atoms with van der Waals surface area (Å²) in [6, 6.07) is 20.2. The number of nitrogen functional groups attached to an aromatic ring is 1. The molecule has 1 aliphatic rings. The number of pyridine rings is 1. The molecule has 1 fully saturated rings. The number of benzene rings is 2. The zero-order valence-electron chi connectivity index (χ0n) is 15.2. The van der Waals surface area contributed by atoms with Crippen molar-refractivity contribution in [1.82, 2.24) is 4.98 Å². The van der Waals surface area contributed by atoms with Crippen molar-refractivity contribution < 1.29 is 4.79 Å². The van der Waals surface area contributed by atoms with Crippen molar-refractivity contribution in [2.24, 2.45) is 0 Å². The van der Waals surface area contributed by atoms with Crippen molar-refractivity contribution in [3.05, 3.63) is 77.8 Å². The summed E-state index contributed by atoms with van der Waals surface area (Å²) in [7, 11) is 0. The van der Waals surface area contributed by atoms with Gasteiger partial charge >= 0.3 is 0 Å². The van der Waals surface area contributed by atoms with Gasteiger partial charge in [0.25, 0.3) is 0 Å². The molecule has 2 aromatic carbocycles. The minimum Gasteiger partial charge on any atom is -0.383 e. The largest absolute Gasteiger partial charge is 0.383 e. The van der Waals surface area contributed by atoms with Crippen molar-refractivity contribution in [2.45, 2.75) is 12.3 Å². The van der Waals surface area contributed by atoms with E-state index in [0.717, 1.165) is 45.4 Å². The maximum atomic E-state index is 12.9. The molecular formula is C23H19N3OS. The summed E-state index contributed by atoms with van der Waals surface area (Å²) in [4.78, 5) is 19.1. The average Bonchev–Trinajstić information content (AvgIpc) is 3.33. The van der Waals surface area contributed by atoms with Gasteiger partial charge in [0, 0.05) is 34.1 Å². The Morgan fingerprint density at radius 2 is 1.82 bits per heavy atom. The molecular weight excluding hydrogens is 366 g/mol. The fourth-order valence-corrected chi connectivity index (χ4v) is 4.94. The van der Waals surface area contributed by atoms with Crippen LogP contribution in [0.15, 0.2) is 72.2 Å². The Kier molecular flexibility index (Phi) is 4.10. The summed E-state index contributed by atoms with van der Waals surface area (Å²) in [5.74, 6) is 0.680. The fourth-order valence-electron chi connectivity index (χ4n) is 3.97. The number of rotatable bonds is 3. The molecule has 0 saturated carbocycles. The molecule has 0 bridgehead atoms. The van der Waals surface area contributed by atoms with Crippen molar-refractivity contribution >= 4 is 38.8 Å². The Hall–Kier alpha value is -3.18. The van der Waals surface area contributed by atoms with Gasteiger partial charge < -0.3 is 10.6 Å². The van der Waals surface area contributed by atoms with Crippen LogP contribution in [0.25, 0.3) is 21.2 Å². The van der Waals surface area contributed by atoms with E-state index in [1.165, 1.54) is 0 Å². The van der Waals surface area contributed by atoms with E-state index in [4.69, 9.17) is 5.73 Å². The molecule has 3 heterocycles. The van der Waals surface area contributed by atoms with Crippen LogP contribution >= 0.6 is 11.3 Å². The number of hydrogen-bond donors (Lipinski definition) is 1. The first-order chi connectivity index (χ1) is 13.7. The fraction of sp³-hybridized carbons (Fsp3) is 0.130. The number of carbonyl (C=O) groups is 1. The standard InChI is InChI=1S/C23H19N3OS/c24-22-21-19(14-28-20(21)10-12-25-22)16-6-8-17(9-7-16)26-13-11-18(23(26)27)15-4-2-1-3-5-15/h1-10,12,14,18H,11,13H2,(H2,24,25). The first kappa shape index (κ1) is 17.0. The van der Waals surface area contributed by atoms with Crippen molar-refractivity contribution in [1.29, 1.82) is 0 Å². The highest BCUT2D eigenvalue weighted by molar-refractivity contribution is 7.17. The third-order valence-electron chi connectivity index (χ3n) is 5.41. The summed E-state index contributed by atoms with van der Waals surface area (Å²) in [6.45, 7) is 0.746. The van der Waals surface area contributed by atoms with Crippen molar-refractivity contribution in [2.75, 3.05) is 17.2 Å². The minimum atomic E-state index is -0.0485. The third kappa shape index (κ3) is 2.75. The molecule has 0 aliphatic carbocycles. The molecule has 2 aromatic heterocycles. The number of carbonyl (C=O) groups excluding carboxylic acids is 1. The molecule has 5 rings (SSSR count). The lowest BCUT2D eigenvalue weighted by atomic mass is 9.98. The van der Waals surface area contributed by atoms with Crippen molar-refractivity contribution in [3.8, 4) is 11.1 Å². The van der Waals surface area contributed by atoms with Gasteiger partial charge in [0.1, 0.15) is 5.82 Å². The summed E-state index contributed by atoms with van der Waals surface area (Å²) in [5.41, 5.74) is 10.3. The molecule has 1 atom stereocenters. The number of amides is 1. The van der Waals surface area contributed by atoms with Gasteiger partial charge in [-0.15, -0.1) is 11.3 Å². The van der Waals surface area contributed by atoms with Gasteiger partial charge in [-0.3, -0.25) is 4.79 Å². The summed E-state index contributed by atoms with van der Waals surface area (Å²) in [5, 5.41) is 3.12. The van der Waals surface area contributed by atoms with Gasteiger partial charge in [0.2, 0.25) is 5.91 Å². The van der Waals surface area contributed by atoms with Crippen LogP contribution in [0.5, 0.6) is 0 Å². The maximum Gasteiger partial charge on any atom is 0.234 e. The maximum absolute atomic E-state index is 12.9. The van der Waals surface area contributed by atoms with Gasteiger partial charge in [-0.2, -0.15) is 0 Å². The van der Waals surface area contributed by atoms with Crippen LogP contribution in [0.4, 0.5) is 11.5 Å². The van der Waals surface area contributed by atoms with Crippen LogP contribution in [-0.2, 0) is 4.79 Å². The zero-order valence-corrected chi connectivity index (χ0v) is 16.0. The second-order valence-corrected chi connectivity index (χ2v) is 7.92. The van der Waals surface area contributed by atoms with Crippen LogP contribution in [0, 0.1) is 0 Å². The molecule has 28 heavy (non-hydrogen) atoms. The van der Waals surface area contributed by atoms with Gasteiger partial charge in [0.15, 0.2) is 0 Å². The first-order valence-electron chi connectivity index (χ1n) is 9.31. The van der Waals surface area contributed by atoms with Crippen LogP contribution in [0.2, 0.25) is 0 Å². The van der Waals surface area contributed by atoms with Gasteiger partial charge in [-0.1, -0.05) is 42.5 Å². The number of anilines is 2. The highest BCUT2D eigenvalue weighted by Gasteiger charge is 2.33. The number of hydrogen-bond acceptors (Lipinski definition) is 4. The minimum absolute atomic E-state index is 0.0485. The van der Waals surface area contributed by atoms with E-state index < -0.39 is 0 Å². The Morgan fingerprint density at radius 1 is 1.04 bits per heavy atom. The van der Waals surface area contributed by atoms with E-state index in [-0.39, 0.29) is 11.8 Å². The second-order valence-electron chi connectivity index (χ2n) is 7.01. The number of fused-ring (bicyclic) bond motifs is 1. The van der Waals surface area contributed by atoms with E-state index in [1.54, 1.807) is 17.5 Å². The molecule has 0 spiro atoms. The molecule has 0 radical (unpaired) electrons. The molecule has 5 heteroatoms. The van der Waals surface area contributed by atoms with E-state index in [9.17, 15) is 4.79 Å². The Balaban J connectivity index is 1.43. The van der Waals surface area contributed by atoms with Crippen LogP contribution in [0.3, 0.4) is 0 Å². The molecule has 1 amide bonds. The Labute approximate surface area is 167 Å². The Bertz CT molecular complexity index is 1150. The number of thiophene rings is 1. The lowest BCUT2D eigenvalue weighted by molar-refractivity contribution is -0.118. The molecule has 4 aromatic rings. The van der Waals surface area contributed by atoms with Crippen molar-refractivity contribution in [3.63, 3.8) is 0 Å². The highest BCUT2D eigenvalue weighted by atomic mass is 32.1. The van der Waals surface area contributed by atoms with E-state index >= 15 is 0 Å². The normalized spacial score (nSPS) is 16.8. The highest BCUT2D eigenvalue weighted by Crippen LogP contribution is 2.38. The number of aromatic nitrogens is 1. The molecule has 1 aliphatic heterocycles. The first-order valence-corrected chi connectivity index (χ1v) is 10.2. The summed E-state index contributed by atoms with van der Waals surface area (Å²) >= 11 is 1.67. The monoisotopic (exact) mass is 385 g/mol. The van der Waals surface area contributed by atoms with Crippen LogP contribution in [0.1, 0.15) is 17.9 Å². The average molecular weight is 385 g/mol. The second kappa shape index (κ2) is 6.77. The topological polar surface area (TPSA) is 59.2 Å². The molecule has 2 N–H and O–H groups in total. The molecule has 4 nitrogen and oxygen atoms in total. The van der Waals surface area contributed by atoms with E-state index in [2.05, 4.69) is 22.5 Å². The molecule has 1 saturated heterocycles. The quantitative estimate of drug-likeness (QED) is 0.536. The van der Waals surface area contributed by atoms with Gasteiger partial charge in [-0.25, -0.2) is 4.98 Å². The number of nitrogens with two attached hydrogens (primary N) is 1. The summed E-state index contributed by atoms with van der Waals surface area (Å²) in [6.07, 6.45) is 2.59. The predicted molar refractivity (Wildman–Crippen MR) is 116 cm³/mol. The summed E-state index contributed by atoms with van der Waals surface area (Å²) < 4.78 is 1.13. The van der Waals surface area contributed by atoms with Gasteiger partial charge in [0.05, 0.1) is 5.92 Å². The van der Waals surface area contributed by atoms with E-state index in [1.807, 2.05) is 53.4 Å². The Morgan fingerprint density at radius 3 is 2.61 bits per heavy atom. The zero-order chi connectivity index (χ0) is 19.1. The smallest absolute Gasteiger partial charge is 0.234 e. The van der Waals surface area contributed by atoms with Gasteiger partial charge in [-0.05, 0) is 41.1 Å². The SMILES string of the molecule is Nc1nccc2scc(-c3ccc(N4CCC(c5ccccc5)C4=O)cc3)c12. The van der Waals surface area contributed by atoms with E-state index in [0.29, 0.717) is 5.82 Å². The molecule has 1 unspecified atom stereocenters. The third-order valence-corrected chi connectivity index (χ3v) is 6.36. The van der Waals surface area contributed by atoms with Crippen LogP contribution < -0.4 is 10.6 Å². The lowest BCUT2D eigenvalue weighted by Gasteiger charge is -2.17. The lowest BCUT2D eigenvalue weighted by Crippen LogP contribution is -2.26. The van der Waals surface area contributed by atoms with Crippen LogP contribution in [-0.4, -0.2) is 17.4 Å². The number of nitrogens with zero attached hydrogens (tertiary/aromatic N) is 2.